The quantitative estimate of drug-likeness (QED) is 0.861. The molecule has 1 aromatic rings. The first kappa shape index (κ1) is 13.7. The molecule has 0 bridgehead atoms. The van der Waals surface area contributed by atoms with Crippen molar-refractivity contribution in [2.45, 2.75) is 11.3 Å². The first-order chi connectivity index (χ1) is 8.75. The van der Waals surface area contributed by atoms with Crippen molar-refractivity contribution in [2.75, 3.05) is 31.9 Å². The molecule has 0 atom stereocenters. The van der Waals surface area contributed by atoms with Gasteiger partial charge in [-0.3, -0.25) is 4.79 Å². The zero-order valence-electron chi connectivity index (χ0n) is 10.2. The van der Waals surface area contributed by atoms with Crippen LogP contribution in [0.25, 0.3) is 0 Å². The summed E-state index contributed by atoms with van der Waals surface area (Å²) in [5.74, 6) is 1.06. The molecule has 98 valence electrons. The first-order valence-corrected chi connectivity index (χ1v) is 7.49. The van der Waals surface area contributed by atoms with Crippen molar-refractivity contribution in [3.63, 3.8) is 0 Å². The van der Waals surface area contributed by atoms with E-state index in [1.165, 1.54) is 0 Å². The number of amides is 1. The van der Waals surface area contributed by atoms with Gasteiger partial charge in [-0.25, -0.2) is 0 Å². The van der Waals surface area contributed by atoms with Crippen molar-refractivity contribution in [3.8, 4) is 0 Å². The standard InChI is InChI=1S/C13H17ClN2OS/c14-11-2-1-3-12(10-11)18-9-4-13(17)16-7-5-15-6-8-16/h1-3,10,15H,4-9H2. The van der Waals surface area contributed by atoms with E-state index in [-0.39, 0.29) is 5.91 Å². The van der Waals surface area contributed by atoms with E-state index in [0.717, 1.165) is 41.8 Å². The SMILES string of the molecule is O=C(CCSc1cccc(Cl)c1)N1CCNCC1. The van der Waals surface area contributed by atoms with Gasteiger partial charge in [0.15, 0.2) is 0 Å². The number of piperazine rings is 1. The molecule has 1 heterocycles. The number of hydrogen-bond donors (Lipinski definition) is 1. The molecule has 0 aromatic heterocycles. The van der Waals surface area contributed by atoms with Gasteiger partial charge in [0.25, 0.3) is 0 Å². The molecular weight excluding hydrogens is 268 g/mol. The minimum Gasteiger partial charge on any atom is -0.340 e. The van der Waals surface area contributed by atoms with Gasteiger partial charge in [-0.15, -0.1) is 11.8 Å². The van der Waals surface area contributed by atoms with Crippen molar-refractivity contribution >= 4 is 29.3 Å². The summed E-state index contributed by atoms with van der Waals surface area (Å²) in [6, 6.07) is 7.74. The van der Waals surface area contributed by atoms with Crippen LogP contribution in [0.3, 0.4) is 0 Å². The van der Waals surface area contributed by atoms with Gasteiger partial charge in [-0.2, -0.15) is 0 Å². The summed E-state index contributed by atoms with van der Waals surface area (Å²) in [6.45, 7) is 3.49. The Morgan fingerprint density at radius 2 is 2.17 bits per heavy atom. The Morgan fingerprint density at radius 1 is 1.39 bits per heavy atom. The van der Waals surface area contributed by atoms with E-state index in [9.17, 15) is 4.79 Å². The van der Waals surface area contributed by atoms with Crippen LogP contribution in [0.2, 0.25) is 5.02 Å². The second-order valence-corrected chi connectivity index (χ2v) is 5.79. The lowest BCUT2D eigenvalue weighted by molar-refractivity contribution is -0.131. The Kier molecular flexibility index (Phi) is 5.35. The summed E-state index contributed by atoms with van der Waals surface area (Å²) in [5, 5.41) is 3.99. The third-order valence-electron chi connectivity index (χ3n) is 2.85. The van der Waals surface area contributed by atoms with E-state index in [1.54, 1.807) is 11.8 Å². The van der Waals surface area contributed by atoms with Gasteiger partial charge in [0.1, 0.15) is 0 Å². The normalized spacial score (nSPS) is 15.7. The molecule has 2 rings (SSSR count). The second kappa shape index (κ2) is 7.02. The minimum absolute atomic E-state index is 0.256. The van der Waals surface area contributed by atoms with Crippen LogP contribution in [0.5, 0.6) is 0 Å². The van der Waals surface area contributed by atoms with Gasteiger partial charge >= 0.3 is 0 Å². The van der Waals surface area contributed by atoms with Crippen LogP contribution in [-0.4, -0.2) is 42.7 Å². The number of nitrogens with zero attached hydrogens (tertiary/aromatic N) is 1. The molecule has 0 aliphatic carbocycles. The van der Waals surface area contributed by atoms with E-state index in [4.69, 9.17) is 11.6 Å². The van der Waals surface area contributed by atoms with E-state index >= 15 is 0 Å². The highest BCUT2D eigenvalue weighted by Gasteiger charge is 2.15. The minimum atomic E-state index is 0.256. The van der Waals surface area contributed by atoms with Crippen LogP contribution >= 0.6 is 23.4 Å². The van der Waals surface area contributed by atoms with E-state index in [0.29, 0.717) is 6.42 Å². The Morgan fingerprint density at radius 3 is 2.89 bits per heavy atom. The molecule has 1 aliphatic heterocycles. The van der Waals surface area contributed by atoms with Gasteiger partial charge in [0.05, 0.1) is 0 Å². The molecule has 1 amide bonds. The summed E-state index contributed by atoms with van der Waals surface area (Å²) in [5.41, 5.74) is 0. The number of rotatable bonds is 4. The smallest absolute Gasteiger partial charge is 0.223 e. The molecule has 3 nitrogen and oxygen atoms in total. The Bertz CT molecular complexity index is 408. The van der Waals surface area contributed by atoms with Crippen molar-refractivity contribution in [3.05, 3.63) is 29.3 Å². The van der Waals surface area contributed by atoms with E-state index in [1.807, 2.05) is 29.2 Å². The zero-order valence-corrected chi connectivity index (χ0v) is 11.8. The number of nitrogens with one attached hydrogen (secondary N) is 1. The van der Waals surface area contributed by atoms with Gasteiger partial charge in [-0.1, -0.05) is 17.7 Å². The number of carbonyl (C=O) groups excluding carboxylic acids is 1. The van der Waals surface area contributed by atoms with Crippen LogP contribution in [0.15, 0.2) is 29.2 Å². The lowest BCUT2D eigenvalue weighted by Gasteiger charge is -2.27. The molecule has 1 saturated heterocycles. The highest BCUT2D eigenvalue weighted by Crippen LogP contribution is 2.22. The Labute approximate surface area is 117 Å². The monoisotopic (exact) mass is 284 g/mol. The molecule has 0 unspecified atom stereocenters. The van der Waals surface area contributed by atoms with Crippen LogP contribution < -0.4 is 5.32 Å². The van der Waals surface area contributed by atoms with E-state index in [2.05, 4.69) is 5.32 Å². The Balaban J connectivity index is 1.73. The molecule has 0 saturated carbocycles. The largest absolute Gasteiger partial charge is 0.340 e. The predicted molar refractivity (Wildman–Crippen MR) is 76.2 cm³/mol. The number of halogens is 1. The van der Waals surface area contributed by atoms with Crippen molar-refractivity contribution in [1.82, 2.24) is 10.2 Å². The Hall–Kier alpha value is -0.710. The summed E-state index contributed by atoms with van der Waals surface area (Å²) < 4.78 is 0. The van der Waals surface area contributed by atoms with Gasteiger partial charge in [-0.05, 0) is 18.2 Å². The highest BCUT2D eigenvalue weighted by molar-refractivity contribution is 7.99. The maximum Gasteiger partial charge on any atom is 0.223 e. The highest BCUT2D eigenvalue weighted by atomic mass is 35.5. The molecule has 1 fully saturated rings. The molecular formula is C13H17ClN2OS. The third kappa shape index (κ3) is 4.19. The fourth-order valence-corrected chi connectivity index (χ4v) is 3.04. The first-order valence-electron chi connectivity index (χ1n) is 6.12. The van der Waals surface area contributed by atoms with Crippen LogP contribution in [0, 0.1) is 0 Å². The van der Waals surface area contributed by atoms with E-state index < -0.39 is 0 Å². The van der Waals surface area contributed by atoms with Crippen molar-refractivity contribution < 1.29 is 4.79 Å². The lowest BCUT2D eigenvalue weighted by Crippen LogP contribution is -2.46. The number of thioether (sulfide) groups is 1. The maximum absolute atomic E-state index is 11.9. The number of benzene rings is 1. The fraction of sp³-hybridized carbons (Fsp3) is 0.462. The third-order valence-corrected chi connectivity index (χ3v) is 4.08. The number of carbonyl (C=O) groups is 1. The zero-order chi connectivity index (χ0) is 12.8. The summed E-state index contributed by atoms with van der Waals surface area (Å²) in [7, 11) is 0. The van der Waals surface area contributed by atoms with Crippen molar-refractivity contribution in [1.29, 1.82) is 0 Å². The molecule has 18 heavy (non-hydrogen) atoms. The summed E-state index contributed by atoms with van der Waals surface area (Å²) >= 11 is 7.59. The van der Waals surface area contributed by atoms with Crippen LogP contribution in [0.1, 0.15) is 6.42 Å². The average Bonchev–Trinajstić information content (AvgIpc) is 2.40. The topological polar surface area (TPSA) is 32.3 Å². The molecule has 0 spiro atoms. The van der Waals surface area contributed by atoms with Gasteiger partial charge in [0, 0.05) is 48.3 Å². The van der Waals surface area contributed by atoms with Gasteiger partial charge in [0.2, 0.25) is 5.91 Å². The number of hydrogen-bond acceptors (Lipinski definition) is 3. The molecule has 1 N–H and O–H groups in total. The molecule has 1 aliphatic rings. The molecule has 0 radical (unpaired) electrons. The lowest BCUT2D eigenvalue weighted by atomic mass is 10.3. The molecule has 1 aromatic carbocycles. The van der Waals surface area contributed by atoms with Crippen LogP contribution in [-0.2, 0) is 4.79 Å². The van der Waals surface area contributed by atoms with Gasteiger partial charge < -0.3 is 10.2 Å². The molecule has 5 heteroatoms. The average molecular weight is 285 g/mol. The predicted octanol–water partition coefficient (Wildman–Crippen LogP) is 2.25. The van der Waals surface area contributed by atoms with Crippen molar-refractivity contribution in [2.24, 2.45) is 0 Å². The summed E-state index contributed by atoms with van der Waals surface area (Å²) in [6.07, 6.45) is 0.594. The fourth-order valence-electron chi connectivity index (χ4n) is 1.89. The second-order valence-electron chi connectivity index (χ2n) is 4.19. The van der Waals surface area contributed by atoms with Crippen LogP contribution in [0.4, 0.5) is 0 Å². The maximum atomic E-state index is 11.9. The summed E-state index contributed by atoms with van der Waals surface area (Å²) in [4.78, 5) is 15.0.